The zero-order valence-corrected chi connectivity index (χ0v) is 28.6. The molecule has 2 atom stereocenters. The lowest BCUT2D eigenvalue weighted by Gasteiger charge is -2.18. The standard InChI is InChI=1S/C16H28NO9P.C10H16NO9P/c1-4-5-6-7-8-17-16(20)26-13(10-25-15(19)12(2)3)9-24-14(18)11-27(21,22)23;1-6(2)9(13)19-4-7(20-10(11)14)3-18-8(12)5-21(15,16)17/h13H,2,4-11H2,1,3H3,(H,17,20)(H2,21,22,23);7H,1,3-5H2,2H3,(H2,11,14)(H2,15,16,17). The van der Waals surface area contributed by atoms with E-state index in [-0.39, 0.29) is 11.1 Å². The van der Waals surface area contributed by atoms with Crippen molar-refractivity contribution in [1.82, 2.24) is 5.32 Å². The molecule has 0 heterocycles. The Morgan fingerprint density at radius 2 is 1.08 bits per heavy atom. The van der Waals surface area contributed by atoms with Crippen molar-refractivity contribution < 1.29 is 85.9 Å². The molecule has 0 saturated carbocycles. The minimum Gasteiger partial charge on any atom is -0.461 e. The lowest BCUT2D eigenvalue weighted by Crippen LogP contribution is -2.36. The molecule has 0 aromatic heterocycles. The number of nitrogens with two attached hydrogens (primary N) is 1. The van der Waals surface area contributed by atoms with Crippen molar-refractivity contribution in [2.45, 2.75) is 58.7 Å². The molecular weight excluding hydrogens is 690 g/mol. The highest BCUT2D eigenvalue weighted by Crippen LogP contribution is 2.34. The second-order valence-electron chi connectivity index (χ2n) is 9.84. The average molecular weight is 735 g/mol. The first kappa shape index (κ1) is 46.3. The third-order valence-corrected chi connectivity index (χ3v) is 6.22. The summed E-state index contributed by atoms with van der Waals surface area (Å²) in [5.41, 5.74) is 5.02. The number of unbranched alkanes of at least 4 members (excludes halogenated alkanes) is 3. The van der Waals surface area contributed by atoms with Crippen molar-refractivity contribution in [1.29, 1.82) is 0 Å². The Morgan fingerprint density at radius 3 is 1.44 bits per heavy atom. The van der Waals surface area contributed by atoms with Gasteiger partial charge in [-0.1, -0.05) is 39.3 Å². The predicted molar refractivity (Wildman–Crippen MR) is 164 cm³/mol. The van der Waals surface area contributed by atoms with E-state index in [2.05, 4.69) is 44.3 Å². The molecule has 0 saturated heterocycles. The summed E-state index contributed by atoms with van der Waals surface area (Å²) in [6.45, 7) is 10.1. The molecule has 0 fully saturated rings. The van der Waals surface area contributed by atoms with Gasteiger partial charge in [-0.05, 0) is 20.3 Å². The Bertz CT molecular complexity index is 1210. The molecule has 48 heavy (non-hydrogen) atoms. The molecule has 0 aromatic carbocycles. The molecule has 2 amide bonds. The monoisotopic (exact) mass is 734 g/mol. The lowest BCUT2D eigenvalue weighted by atomic mass is 10.2. The number of esters is 4. The Morgan fingerprint density at radius 1 is 0.688 bits per heavy atom. The van der Waals surface area contributed by atoms with Gasteiger partial charge in [0.15, 0.2) is 12.2 Å². The fraction of sp³-hybridized carbons (Fsp3) is 0.615. The van der Waals surface area contributed by atoms with Gasteiger partial charge < -0.3 is 59.0 Å². The molecule has 0 aromatic rings. The van der Waals surface area contributed by atoms with Gasteiger partial charge in [0.2, 0.25) is 0 Å². The molecule has 0 aliphatic heterocycles. The number of amides is 2. The van der Waals surface area contributed by atoms with Gasteiger partial charge >= 0.3 is 51.3 Å². The van der Waals surface area contributed by atoms with Gasteiger partial charge in [-0.25, -0.2) is 19.2 Å². The van der Waals surface area contributed by atoms with Crippen molar-refractivity contribution >= 4 is 51.3 Å². The molecule has 2 unspecified atom stereocenters. The summed E-state index contributed by atoms with van der Waals surface area (Å²) in [6.07, 6.45) is -2.71. The zero-order valence-electron chi connectivity index (χ0n) is 26.8. The number of nitrogens with one attached hydrogen (secondary N) is 1. The van der Waals surface area contributed by atoms with Crippen LogP contribution in [0.3, 0.4) is 0 Å². The highest BCUT2D eigenvalue weighted by molar-refractivity contribution is 7.53. The summed E-state index contributed by atoms with van der Waals surface area (Å²) in [6, 6.07) is 0. The number of primary amides is 1. The molecule has 7 N–H and O–H groups in total. The minimum atomic E-state index is -4.57. The summed E-state index contributed by atoms with van der Waals surface area (Å²) >= 11 is 0. The number of hydrogen-bond acceptors (Lipinski definition) is 14. The largest absolute Gasteiger partial charge is 0.461 e. The molecule has 20 nitrogen and oxygen atoms in total. The second-order valence-corrected chi connectivity index (χ2v) is 13.1. The average Bonchev–Trinajstić information content (AvgIpc) is 2.93. The highest BCUT2D eigenvalue weighted by atomic mass is 31.2. The molecule has 0 bridgehead atoms. The van der Waals surface area contributed by atoms with Gasteiger partial charge in [0.05, 0.1) is 0 Å². The van der Waals surface area contributed by atoms with Gasteiger partial charge in [-0.3, -0.25) is 18.7 Å². The van der Waals surface area contributed by atoms with Crippen LogP contribution in [0.15, 0.2) is 24.3 Å². The summed E-state index contributed by atoms with van der Waals surface area (Å²) < 4.78 is 49.6. The summed E-state index contributed by atoms with van der Waals surface area (Å²) in [5.74, 6) is -3.84. The molecule has 0 rings (SSSR count). The van der Waals surface area contributed by atoms with Crippen molar-refractivity contribution in [2.75, 3.05) is 45.3 Å². The van der Waals surface area contributed by atoms with Crippen LogP contribution in [0.1, 0.15) is 46.5 Å². The first-order valence-electron chi connectivity index (χ1n) is 14.0. The Hall–Kier alpha value is -3.80. The second kappa shape index (κ2) is 24.4. The molecule has 276 valence electrons. The highest BCUT2D eigenvalue weighted by Gasteiger charge is 2.25. The number of carbonyl (C=O) groups excluding carboxylic acids is 6. The first-order valence-corrected chi connectivity index (χ1v) is 17.6. The van der Waals surface area contributed by atoms with Crippen LogP contribution in [0.25, 0.3) is 0 Å². The van der Waals surface area contributed by atoms with Gasteiger partial charge in [0.1, 0.15) is 38.8 Å². The van der Waals surface area contributed by atoms with Crippen LogP contribution in [0.4, 0.5) is 9.59 Å². The number of ether oxygens (including phenoxy) is 6. The van der Waals surface area contributed by atoms with Crippen molar-refractivity contribution in [3.63, 3.8) is 0 Å². The molecule has 0 spiro atoms. The van der Waals surface area contributed by atoms with Crippen molar-refractivity contribution in [2.24, 2.45) is 5.73 Å². The number of hydrogen-bond donors (Lipinski definition) is 6. The van der Waals surface area contributed by atoms with Crippen LogP contribution < -0.4 is 11.1 Å². The van der Waals surface area contributed by atoms with E-state index >= 15 is 0 Å². The predicted octanol–water partition coefficient (Wildman–Crippen LogP) is 0.792. The molecule has 22 heteroatoms. The Kier molecular flexibility index (Phi) is 23.5. The summed E-state index contributed by atoms with van der Waals surface area (Å²) in [4.78, 5) is 102. The summed E-state index contributed by atoms with van der Waals surface area (Å²) in [5, 5.41) is 2.52. The van der Waals surface area contributed by atoms with E-state index in [4.69, 9.17) is 34.8 Å². The number of alkyl carbamates (subject to hydrolysis) is 1. The summed E-state index contributed by atoms with van der Waals surface area (Å²) in [7, 11) is -9.13. The van der Waals surface area contributed by atoms with Gasteiger partial charge in [0, 0.05) is 17.7 Å². The fourth-order valence-corrected chi connectivity index (χ4v) is 3.57. The smallest absolute Gasteiger partial charge is 0.407 e. The zero-order chi connectivity index (χ0) is 37.5. The van der Waals surface area contributed by atoms with Crippen LogP contribution >= 0.6 is 15.2 Å². The van der Waals surface area contributed by atoms with E-state index in [1.54, 1.807) is 0 Å². The van der Waals surface area contributed by atoms with Crippen molar-refractivity contribution in [3.05, 3.63) is 24.3 Å². The van der Waals surface area contributed by atoms with Crippen molar-refractivity contribution in [3.8, 4) is 0 Å². The fourth-order valence-electron chi connectivity index (χ4n) is 2.71. The maximum Gasteiger partial charge on any atom is 0.407 e. The third kappa shape index (κ3) is 29.6. The maximum absolute atomic E-state index is 11.8. The normalized spacial score (nSPS) is 12.1. The van der Waals surface area contributed by atoms with Crippen LogP contribution in [-0.2, 0) is 56.7 Å². The van der Waals surface area contributed by atoms with Crippen LogP contribution in [-0.4, -0.2) is 113 Å². The molecular formula is C26H44N2O18P2. The van der Waals surface area contributed by atoms with Crippen LogP contribution in [0.5, 0.6) is 0 Å². The maximum atomic E-state index is 11.8. The Balaban J connectivity index is 0. The molecule has 0 aliphatic rings. The third-order valence-electron chi connectivity index (χ3n) is 4.88. The van der Waals surface area contributed by atoms with Gasteiger partial charge in [-0.15, -0.1) is 0 Å². The first-order chi connectivity index (χ1) is 22.1. The Labute approximate surface area is 276 Å². The van der Waals surface area contributed by atoms with E-state index in [1.165, 1.54) is 13.8 Å². The SMILES string of the molecule is C=C(C)C(=O)OCC(COC(=O)CP(=O)(O)O)OC(=O)NCCCCCC.C=C(C)C(=O)OCC(COC(=O)CP(=O)(O)O)OC(N)=O. The molecule has 0 radical (unpaired) electrons. The van der Waals surface area contributed by atoms with E-state index < -0.39 is 102 Å². The van der Waals surface area contributed by atoms with E-state index in [0.29, 0.717) is 6.54 Å². The van der Waals surface area contributed by atoms with Gasteiger partial charge in [-0.2, -0.15) is 0 Å². The van der Waals surface area contributed by atoms with E-state index in [1.807, 2.05) is 0 Å². The minimum absolute atomic E-state index is 0.103. The van der Waals surface area contributed by atoms with Crippen LogP contribution in [0.2, 0.25) is 0 Å². The van der Waals surface area contributed by atoms with Gasteiger partial charge in [0.25, 0.3) is 0 Å². The number of rotatable bonds is 21. The number of carbonyl (C=O) groups is 6. The quantitative estimate of drug-likeness (QED) is 0.0312. The van der Waals surface area contributed by atoms with E-state index in [0.717, 1.165) is 25.7 Å². The van der Waals surface area contributed by atoms with E-state index in [9.17, 15) is 37.9 Å². The molecule has 0 aliphatic carbocycles. The topological polar surface area (TPSA) is 311 Å². The van der Waals surface area contributed by atoms with Crippen LogP contribution in [0, 0.1) is 0 Å². The lowest BCUT2D eigenvalue weighted by molar-refractivity contribution is -0.150.